The van der Waals surface area contributed by atoms with E-state index in [9.17, 15) is 14.7 Å². The van der Waals surface area contributed by atoms with Crippen molar-refractivity contribution in [2.24, 2.45) is 0 Å². The molecule has 3 saturated heterocycles. The number of nitrogens with one attached hydrogen (secondary N) is 2. The van der Waals surface area contributed by atoms with Crippen LogP contribution in [0.1, 0.15) is 66.2 Å². The highest BCUT2D eigenvalue weighted by molar-refractivity contribution is 8.00. The lowest BCUT2D eigenvalue weighted by molar-refractivity contribution is -0.139. The largest absolute Gasteiger partial charge is 0.389 e. The van der Waals surface area contributed by atoms with E-state index in [0.717, 1.165) is 50.9 Å². The first-order valence-corrected chi connectivity index (χ1v) is 12.7. The normalized spacial score (nSPS) is 32.1. The molecule has 0 aromatic rings. The number of carbonyl (C=O) groups is 2. The van der Waals surface area contributed by atoms with Crippen LogP contribution in [0.15, 0.2) is 0 Å². The molecule has 0 saturated carbocycles. The van der Waals surface area contributed by atoms with Gasteiger partial charge in [0.2, 0.25) is 5.91 Å². The van der Waals surface area contributed by atoms with E-state index in [0.29, 0.717) is 24.3 Å². The van der Waals surface area contributed by atoms with Gasteiger partial charge in [-0.15, -0.1) is 0 Å². The van der Waals surface area contributed by atoms with Crippen molar-refractivity contribution < 1.29 is 14.7 Å². The van der Waals surface area contributed by atoms with E-state index >= 15 is 0 Å². The van der Waals surface area contributed by atoms with Crippen molar-refractivity contribution in [3.63, 3.8) is 0 Å². The summed E-state index contributed by atoms with van der Waals surface area (Å²) in [6.07, 6.45) is 5.52. The lowest BCUT2D eigenvalue weighted by Crippen LogP contribution is -2.61. The number of hydrogen-bond acceptors (Lipinski definition) is 5. The van der Waals surface area contributed by atoms with Gasteiger partial charge in [-0.2, -0.15) is 11.8 Å². The van der Waals surface area contributed by atoms with Crippen LogP contribution in [-0.2, 0) is 4.79 Å². The van der Waals surface area contributed by atoms with E-state index in [4.69, 9.17) is 0 Å². The molecule has 172 valence electrons. The van der Waals surface area contributed by atoms with Crippen LogP contribution < -0.4 is 10.6 Å². The number of fused-ring (bicyclic) bond motifs is 1. The molecule has 0 aliphatic carbocycles. The van der Waals surface area contributed by atoms with E-state index in [1.165, 1.54) is 0 Å². The monoisotopic (exact) mass is 440 g/mol. The summed E-state index contributed by atoms with van der Waals surface area (Å²) in [5.74, 6) is 1.26. The van der Waals surface area contributed by atoms with Crippen molar-refractivity contribution in [1.29, 1.82) is 0 Å². The van der Waals surface area contributed by atoms with Gasteiger partial charge in [0.15, 0.2) is 0 Å². The number of urea groups is 1. The molecule has 3 N–H and O–H groups in total. The Morgan fingerprint density at radius 2 is 1.90 bits per heavy atom. The molecule has 3 fully saturated rings. The van der Waals surface area contributed by atoms with Crippen LogP contribution >= 0.6 is 11.8 Å². The predicted molar refractivity (Wildman–Crippen MR) is 122 cm³/mol. The quantitative estimate of drug-likeness (QED) is 0.378. The Hall–Kier alpha value is -0.990. The van der Waals surface area contributed by atoms with Gasteiger partial charge in [0, 0.05) is 49.1 Å². The summed E-state index contributed by atoms with van der Waals surface area (Å²) in [7, 11) is 0. The van der Waals surface area contributed by atoms with Crippen molar-refractivity contribution in [3.05, 3.63) is 0 Å². The minimum atomic E-state index is -0.719. The van der Waals surface area contributed by atoms with Crippen LogP contribution in [0.2, 0.25) is 0 Å². The summed E-state index contributed by atoms with van der Waals surface area (Å²) >= 11 is 1.94. The number of thioether (sulfide) groups is 1. The van der Waals surface area contributed by atoms with Crippen molar-refractivity contribution in [3.8, 4) is 0 Å². The molecule has 0 aromatic heterocycles. The average molecular weight is 441 g/mol. The highest BCUT2D eigenvalue weighted by Crippen LogP contribution is 2.33. The molecule has 0 spiro atoms. The first-order valence-electron chi connectivity index (χ1n) is 11.7. The second-order valence-corrected chi connectivity index (χ2v) is 11.1. The fraction of sp³-hybridized carbons (Fsp3) is 0.909. The van der Waals surface area contributed by atoms with Gasteiger partial charge < -0.3 is 20.6 Å². The third-order valence-electron chi connectivity index (χ3n) is 6.73. The topological polar surface area (TPSA) is 84.9 Å². The molecule has 0 unspecified atom stereocenters. The van der Waals surface area contributed by atoms with E-state index in [1.54, 1.807) is 0 Å². The molecule has 0 aromatic carbocycles. The van der Waals surface area contributed by atoms with Crippen molar-refractivity contribution in [2.45, 2.75) is 101 Å². The van der Waals surface area contributed by atoms with Gasteiger partial charge in [-0.3, -0.25) is 9.69 Å². The molecule has 3 aliphatic rings. The average Bonchev–Trinajstić information content (AvgIpc) is 3.22. The second-order valence-electron chi connectivity index (χ2n) is 9.78. The first-order chi connectivity index (χ1) is 14.2. The maximum Gasteiger partial charge on any atom is 0.315 e. The zero-order valence-corrected chi connectivity index (χ0v) is 19.8. The maximum absolute atomic E-state index is 13.0. The number of rotatable bonds is 9. The number of piperazine rings is 1. The molecule has 7 nitrogen and oxygen atoms in total. The zero-order valence-electron chi connectivity index (χ0n) is 19.0. The van der Waals surface area contributed by atoms with Crippen molar-refractivity contribution in [2.75, 3.05) is 25.4 Å². The summed E-state index contributed by atoms with van der Waals surface area (Å²) < 4.78 is 0. The summed E-state index contributed by atoms with van der Waals surface area (Å²) in [4.78, 5) is 29.0. The Bertz CT molecular complexity index is 612. The van der Waals surface area contributed by atoms with Gasteiger partial charge >= 0.3 is 6.03 Å². The Balaban J connectivity index is 1.45. The Morgan fingerprint density at radius 3 is 2.57 bits per heavy atom. The summed E-state index contributed by atoms with van der Waals surface area (Å²) in [5.41, 5.74) is -0.719. The van der Waals surface area contributed by atoms with Gasteiger partial charge in [-0.1, -0.05) is 20.3 Å². The van der Waals surface area contributed by atoms with Crippen molar-refractivity contribution in [1.82, 2.24) is 20.4 Å². The molecule has 30 heavy (non-hydrogen) atoms. The van der Waals surface area contributed by atoms with Crippen LogP contribution in [0.5, 0.6) is 0 Å². The third-order valence-corrected chi connectivity index (χ3v) is 8.24. The molecule has 0 radical (unpaired) electrons. The van der Waals surface area contributed by atoms with E-state index in [-0.39, 0.29) is 30.1 Å². The highest BCUT2D eigenvalue weighted by atomic mass is 32.2. The highest BCUT2D eigenvalue weighted by Gasteiger charge is 2.42. The summed E-state index contributed by atoms with van der Waals surface area (Å²) in [5, 5.41) is 16.8. The van der Waals surface area contributed by atoms with E-state index in [1.807, 2.05) is 25.6 Å². The Labute approximate surface area is 185 Å². The van der Waals surface area contributed by atoms with Crippen LogP contribution in [-0.4, -0.2) is 87.3 Å². The number of unbranched alkanes of at least 4 members (excludes halogenated alkanes) is 1. The first kappa shape index (κ1) is 23.7. The minimum absolute atomic E-state index is 0.0368. The molecular formula is C22H40N4O3S. The van der Waals surface area contributed by atoms with Crippen LogP contribution in [0.4, 0.5) is 4.79 Å². The number of aliphatic hydroxyl groups is 1. The fourth-order valence-electron chi connectivity index (χ4n) is 5.15. The van der Waals surface area contributed by atoms with Gasteiger partial charge in [0.25, 0.3) is 0 Å². The Morgan fingerprint density at radius 1 is 1.17 bits per heavy atom. The number of hydrogen-bond donors (Lipinski definition) is 3. The van der Waals surface area contributed by atoms with Gasteiger partial charge in [0.1, 0.15) is 0 Å². The lowest BCUT2D eigenvalue weighted by atomic mass is 9.98. The smallest absolute Gasteiger partial charge is 0.315 e. The number of β-amino-alcohol motifs (C(OH)–C–C–N with tert-alkyl or cyclic N) is 1. The number of nitrogens with zero attached hydrogens (tertiary/aromatic N) is 2. The number of carbonyl (C=O) groups excluding carboxylic acids is 2. The van der Waals surface area contributed by atoms with Gasteiger partial charge in [0.05, 0.1) is 17.7 Å². The molecular weight excluding hydrogens is 400 g/mol. The predicted octanol–water partition coefficient (Wildman–Crippen LogP) is 2.18. The zero-order chi connectivity index (χ0) is 21.9. The fourth-order valence-corrected chi connectivity index (χ4v) is 6.69. The molecule has 3 amide bonds. The summed E-state index contributed by atoms with van der Waals surface area (Å²) in [6, 6.07) is 1.02. The van der Waals surface area contributed by atoms with E-state index in [2.05, 4.69) is 34.3 Å². The van der Waals surface area contributed by atoms with Crippen molar-refractivity contribution >= 4 is 23.7 Å². The maximum atomic E-state index is 13.0. The van der Waals surface area contributed by atoms with Crippen LogP contribution in [0, 0.1) is 0 Å². The standard InChI is InChI=1S/C22H40N4O3S/c1-5-15-12-26(16(6-2)11-25(15)14-22(3,4)29)19(27)10-8-7-9-18-20-17(13-30-18)23-21(28)24-20/h15-18,20,29H,5-14H2,1-4H3,(H2,23,24,28)/t15-,16+,17+,18+,20+/m1/s1. The molecule has 3 aliphatic heterocycles. The third kappa shape index (κ3) is 5.82. The van der Waals surface area contributed by atoms with E-state index < -0.39 is 5.60 Å². The lowest BCUT2D eigenvalue weighted by Gasteiger charge is -2.47. The van der Waals surface area contributed by atoms with Crippen LogP contribution in [0.25, 0.3) is 0 Å². The summed E-state index contributed by atoms with van der Waals surface area (Å²) in [6.45, 7) is 10.3. The van der Waals surface area contributed by atoms with Crippen LogP contribution in [0.3, 0.4) is 0 Å². The molecule has 3 rings (SSSR count). The van der Waals surface area contributed by atoms with Gasteiger partial charge in [-0.05, 0) is 39.5 Å². The molecule has 3 heterocycles. The SMILES string of the molecule is CC[C@@H]1CN(C(=O)CCCC[C@@H]2SC[C@@H]3NC(=O)N[C@@H]32)[C@@H](CC)CN1CC(C)(C)O. The number of amides is 3. The molecule has 5 atom stereocenters. The second kappa shape index (κ2) is 10.1. The molecule has 8 heteroatoms. The molecule has 0 bridgehead atoms. The Kier molecular flexibility index (Phi) is 7.96. The minimum Gasteiger partial charge on any atom is -0.389 e. The van der Waals surface area contributed by atoms with Gasteiger partial charge in [-0.25, -0.2) is 4.79 Å².